The first-order valence-corrected chi connectivity index (χ1v) is 9.61. The molecular weight excluding hydrogens is 312 g/mol. The summed E-state index contributed by atoms with van der Waals surface area (Å²) in [6, 6.07) is 7.39. The molecule has 0 radical (unpaired) electrons. The molecule has 1 aromatic carbocycles. The monoisotopic (exact) mass is 338 g/mol. The molecule has 6 heteroatoms. The molecule has 3 N–H and O–H groups in total. The van der Waals surface area contributed by atoms with Gasteiger partial charge in [0, 0.05) is 34.4 Å². The summed E-state index contributed by atoms with van der Waals surface area (Å²) in [7, 11) is -0.786. The van der Waals surface area contributed by atoms with Crippen LogP contribution in [0.3, 0.4) is 0 Å². The molecule has 0 aromatic heterocycles. The van der Waals surface area contributed by atoms with Crippen molar-refractivity contribution in [1.29, 1.82) is 0 Å². The number of rotatable bonds is 6. The molecule has 0 aliphatic heterocycles. The Morgan fingerprint density at radius 2 is 2.04 bits per heavy atom. The van der Waals surface area contributed by atoms with Gasteiger partial charge >= 0.3 is 6.03 Å². The summed E-state index contributed by atoms with van der Waals surface area (Å²) >= 11 is 0. The zero-order valence-corrected chi connectivity index (χ0v) is 14.4. The van der Waals surface area contributed by atoms with Gasteiger partial charge in [0.2, 0.25) is 0 Å². The summed E-state index contributed by atoms with van der Waals surface area (Å²) in [6.07, 6.45) is 3.73. The third kappa shape index (κ3) is 5.32. The van der Waals surface area contributed by atoms with E-state index in [2.05, 4.69) is 10.6 Å². The predicted molar refractivity (Wildman–Crippen MR) is 92.5 cm³/mol. The van der Waals surface area contributed by atoms with Crippen LogP contribution in [0.4, 0.5) is 4.79 Å². The van der Waals surface area contributed by atoms with Crippen molar-refractivity contribution in [2.75, 3.05) is 5.75 Å². The van der Waals surface area contributed by atoms with Gasteiger partial charge in [0.05, 0.1) is 6.61 Å². The van der Waals surface area contributed by atoms with Crippen molar-refractivity contribution in [2.24, 2.45) is 0 Å². The maximum Gasteiger partial charge on any atom is 0.315 e. The lowest BCUT2D eigenvalue weighted by Gasteiger charge is -2.29. The van der Waals surface area contributed by atoms with E-state index in [1.54, 1.807) is 0 Å². The van der Waals surface area contributed by atoms with Crippen molar-refractivity contribution >= 4 is 16.8 Å². The van der Waals surface area contributed by atoms with Gasteiger partial charge < -0.3 is 15.7 Å². The summed E-state index contributed by atoms with van der Waals surface area (Å²) in [5.41, 5.74) is 1.74. The third-order valence-electron chi connectivity index (χ3n) is 4.35. The van der Waals surface area contributed by atoms with Crippen LogP contribution in [-0.2, 0) is 24.0 Å². The molecule has 0 bridgehead atoms. The van der Waals surface area contributed by atoms with E-state index in [9.17, 15) is 14.1 Å². The normalized spacial score (nSPS) is 22.3. The fraction of sp³-hybridized carbons (Fsp3) is 0.588. The van der Waals surface area contributed by atoms with Gasteiger partial charge in [-0.3, -0.25) is 4.21 Å². The lowest BCUT2D eigenvalue weighted by atomic mass is 9.95. The SMILES string of the molecule is CCS(=O)C1CCCC(NC(=O)NCc2ccccc2CO)C1. The molecule has 0 spiro atoms. The van der Waals surface area contributed by atoms with Crippen LogP contribution in [0.2, 0.25) is 0 Å². The van der Waals surface area contributed by atoms with Gasteiger partial charge in [-0.25, -0.2) is 4.79 Å². The second-order valence-electron chi connectivity index (χ2n) is 5.91. The van der Waals surface area contributed by atoms with Gasteiger partial charge in [-0.05, 0) is 30.4 Å². The molecule has 3 atom stereocenters. The molecule has 1 fully saturated rings. The molecule has 1 aliphatic rings. The van der Waals surface area contributed by atoms with Gasteiger partial charge in [-0.15, -0.1) is 0 Å². The first-order chi connectivity index (χ1) is 11.1. The number of aliphatic hydroxyl groups is 1. The van der Waals surface area contributed by atoms with Crippen molar-refractivity contribution in [3.8, 4) is 0 Å². The number of hydrogen-bond donors (Lipinski definition) is 3. The highest BCUT2D eigenvalue weighted by molar-refractivity contribution is 7.85. The number of aliphatic hydroxyl groups excluding tert-OH is 1. The Kier molecular flexibility index (Phi) is 7.05. The fourth-order valence-corrected chi connectivity index (χ4v) is 4.39. The minimum Gasteiger partial charge on any atom is -0.392 e. The predicted octanol–water partition coefficient (Wildman–Crippen LogP) is 2.06. The summed E-state index contributed by atoms with van der Waals surface area (Å²) in [5, 5.41) is 15.3. The van der Waals surface area contributed by atoms with E-state index in [1.807, 2.05) is 31.2 Å². The summed E-state index contributed by atoms with van der Waals surface area (Å²) in [4.78, 5) is 12.1. The molecular formula is C17H26N2O3S. The molecule has 128 valence electrons. The number of nitrogens with one attached hydrogen (secondary N) is 2. The molecule has 23 heavy (non-hydrogen) atoms. The highest BCUT2D eigenvalue weighted by Crippen LogP contribution is 2.23. The van der Waals surface area contributed by atoms with Crippen molar-refractivity contribution in [3.05, 3.63) is 35.4 Å². The Labute approximate surface area is 140 Å². The molecule has 0 heterocycles. The van der Waals surface area contributed by atoms with Gasteiger partial charge in [-0.1, -0.05) is 37.6 Å². The van der Waals surface area contributed by atoms with Gasteiger partial charge in [-0.2, -0.15) is 0 Å². The van der Waals surface area contributed by atoms with Gasteiger partial charge in [0.25, 0.3) is 0 Å². The van der Waals surface area contributed by atoms with E-state index < -0.39 is 10.8 Å². The van der Waals surface area contributed by atoms with E-state index in [0.29, 0.717) is 12.3 Å². The first kappa shape index (κ1) is 17.9. The number of carbonyl (C=O) groups excluding carboxylic acids is 1. The van der Waals surface area contributed by atoms with Gasteiger partial charge in [0.15, 0.2) is 0 Å². The maximum atomic E-state index is 12.1. The Morgan fingerprint density at radius 1 is 1.30 bits per heavy atom. The second-order valence-corrected chi connectivity index (χ2v) is 7.91. The molecule has 5 nitrogen and oxygen atoms in total. The van der Waals surface area contributed by atoms with Gasteiger partial charge in [0.1, 0.15) is 0 Å². The minimum atomic E-state index is -0.786. The van der Waals surface area contributed by atoms with Crippen LogP contribution in [0, 0.1) is 0 Å². The third-order valence-corrected chi connectivity index (χ3v) is 6.09. The summed E-state index contributed by atoms with van der Waals surface area (Å²) in [6.45, 7) is 2.30. The second kappa shape index (κ2) is 9.03. The zero-order valence-electron chi connectivity index (χ0n) is 13.6. The van der Waals surface area contributed by atoms with Crippen molar-refractivity contribution in [1.82, 2.24) is 10.6 Å². The summed E-state index contributed by atoms with van der Waals surface area (Å²) in [5.74, 6) is 0.682. The van der Waals surface area contributed by atoms with Crippen molar-refractivity contribution < 1.29 is 14.1 Å². The first-order valence-electron chi connectivity index (χ1n) is 8.23. The number of hydrogen-bond acceptors (Lipinski definition) is 3. The van der Waals surface area contributed by atoms with E-state index >= 15 is 0 Å². The smallest absolute Gasteiger partial charge is 0.315 e. The average molecular weight is 338 g/mol. The number of carbonyl (C=O) groups is 1. The zero-order chi connectivity index (χ0) is 16.7. The summed E-state index contributed by atoms with van der Waals surface area (Å²) < 4.78 is 11.9. The average Bonchev–Trinajstić information content (AvgIpc) is 2.59. The molecule has 1 aromatic rings. The van der Waals surface area contributed by atoms with Crippen LogP contribution in [0.25, 0.3) is 0 Å². The van der Waals surface area contributed by atoms with E-state index in [-0.39, 0.29) is 23.9 Å². The fourth-order valence-electron chi connectivity index (χ4n) is 3.05. The standard InChI is InChI=1S/C17H26N2O3S/c1-2-23(22)16-9-5-8-15(10-16)19-17(21)18-11-13-6-3-4-7-14(13)12-20/h3-4,6-7,15-16,20H,2,5,8-12H2,1H3,(H2,18,19,21). The van der Waals surface area contributed by atoms with E-state index in [0.717, 1.165) is 36.8 Å². The molecule has 1 saturated carbocycles. The van der Waals surface area contributed by atoms with E-state index in [1.165, 1.54) is 0 Å². The van der Waals surface area contributed by atoms with Crippen LogP contribution in [0.15, 0.2) is 24.3 Å². The molecule has 3 unspecified atom stereocenters. The molecule has 2 amide bonds. The highest BCUT2D eigenvalue weighted by atomic mass is 32.2. The Bertz CT molecular complexity index is 550. The Balaban J connectivity index is 1.81. The highest BCUT2D eigenvalue weighted by Gasteiger charge is 2.26. The molecule has 2 rings (SSSR count). The minimum absolute atomic E-state index is 0.0351. The van der Waals surface area contributed by atoms with E-state index in [4.69, 9.17) is 0 Å². The number of urea groups is 1. The lowest BCUT2D eigenvalue weighted by Crippen LogP contribution is -2.45. The van der Waals surface area contributed by atoms with Crippen molar-refractivity contribution in [3.63, 3.8) is 0 Å². The molecule has 1 aliphatic carbocycles. The quantitative estimate of drug-likeness (QED) is 0.743. The maximum absolute atomic E-state index is 12.1. The van der Waals surface area contributed by atoms with Crippen LogP contribution in [0.5, 0.6) is 0 Å². The molecule has 0 saturated heterocycles. The largest absolute Gasteiger partial charge is 0.392 e. The Morgan fingerprint density at radius 3 is 2.74 bits per heavy atom. The van der Waals surface area contributed by atoms with Crippen molar-refractivity contribution in [2.45, 2.75) is 57.1 Å². The van der Waals surface area contributed by atoms with Crippen LogP contribution >= 0.6 is 0 Å². The number of benzene rings is 1. The van der Waals surface area contributed by atoms with Crippen LogP contribution in [-0.4, -0.2) is 32.4 Å². The van der Waals surface area contributed by atoms with Crippen LogP contribution < -0.4 is 10.6 Å². The Hall–Kier alpha value is -1.40. The topological polar surface area (TPSA) is 78.4 Å². The van der Waals surface area contributed by atoms with Crippen LogP contribution in [0.1, 0.15) is 43.7 Å². The lowest BCUT2D eigenvalue weighted by molar-refractivity contribution is 0.232. The number of amides is 2.